The number of hydrogen-bond donors (Lipinski definition) is 1. The first-order chi connectivity index (χ1) is 17.7. The molecule has 0 saturated heterocycles. The van der Waals surface area contributed by atoms with Crippen molar-refractivity contribution in [2.45, 2.75) is 63.8 Å². The van der Waals surface area contributed by atoms with Gasteiger partial charge in [-0.2, -0.15) is 0 Å². The third kappa shape index (κ3) is 5.92. The first kappa shape index (κ1) is 25.6. The zero-order valence-electron chi connectivity index (χ0n) is 21.4. The summed E-state index contributed by atoms with van der Waals surface area (Å²) in [7, 11) is 0. The van der Waals surface area contributed by atoms with Crippen LogP contribution in [-0.4, -0.2) is 5.91 Å². The molecule has 37 heavy (non-hydrogen) atoms. The van der Waals surface area contributed by atoms with Crippen LogP contribution >= 0.6 is 0 Å². The van der Waals surface area contributed by atoms with Gasteiger partial charge in [0.25, 0.3) is 5.92 Å². The van der Waals surface area contributed by atoms with E-state index in [2.05, 4.69) is 29.6 Å². The molecule has 194 valence electrons. The van der Waals surface area contributed by atoms with Gasteiger partial charge in [-0.15, -0.1) is 0 Å². The van der Waals surface area contributed by atoms with Crippen LogP contribution in [0.1, 0.15) is 74.6 Å². The fourth-order valence-corrected chi connectivity index (χ4v) is 5.97. The minimum atomic E-state index is -2.82. The fraction of sp³-hybridized carbons (Fsp3) is 0.406. The van der Waals surface area contributed by atoms with E-state index in [-0.39, 0.29) is 29.2 Å². The number of amides is 1. The van der Waals surface area contributed by atoms with Crippen molar-refractivity contribution < 1.29 is 18.0 Å². The Labute approximate surface area is 217 Å². The highest BCUT2D eigenvalue weighted by Gasteiger charge is 2.45. The summed E-state index contributed by atoms with van der Waals surface area (Å²) in [6.07, 6.45) is 5.19. The smallest absolute Gasteiger partial charge is 0.270 e. The molecule has 0 aliphatic heterocycles. The van der Waals surface area contributed by atoms with Crippen LogP contribution in [0.25, 0.3) is 11.1 Å². The summed E-state index contributed by atoms with van der Waals surface area (Å²) in [4.78, 5) is 12.8. The Bertz CT molecular complexity index is 1210. The quantitative estimate of drug-likeness (QED) is 0.343. The molecule has 5 rings (SSSR count). The highest BCUT2D eigenvalue weighted by molar-refractivity contribution is 5.79. The molecule has 1 amide bonds. The molecule has 3 aromatic carbocycles. The molecule has 2 aliphatic rings. The normalized spacial score (nSPS) is 24.4. The molecule has 2 saturated carbocycles. The molecule has 0 radical (unpaired) electrons. The van der Waals surface area contributed by atoms with Crippen LogP contribution in [0, 0.1) is 23.6 Å². The summed E-state index contributed by atoms with van der Waals surface area (Å²) >= 11 is 0. The average molecular weight is 506 g/mol. The maximum atomic E-state index is 13.5. The number of hydrogen-bond acceptors (Lipinski definition) is 1. The predicted molar refractivity (Wildman–Crippen MR) is 141 cm³/mol. The van der Waals surface area contributed by atoms with E-state index in [1.165, 1.54) is 36.2 Å². The Morgan fingerprint density at radius 3 is 2.00 bits per heavy atom. The van der Waals surface area contributed by atoms with Crippen molar-refractivity contribution in [2.24, 2.45) is 17.8 Å². The molecular formula is C32H34F3NO. The van der Waals surface area contributed by atoms with Crippen molar-refractivity contribution in [2.75, 3.05) is 0 Å². The van der Waals surface area contributed by atoms with Gasteiger partial charge in [-0.1, -0.05) is 60.7 Å². The van der Waals surface area contributed by atoms with Gasteiger partial charge in [0, 0.05) is 18.4 Å². The van der Waals surface area contributed by atoms with Crippen molar-refractivity contribution in [1.29, 1.82) is 0 Å². The van der Waals surface area contributed by atoms with Gasteiger partial charge in [0.05, 0.1) is 6.04 Å². The van der Waals surface area contributed by atoms with E-state index < -0.39 is 5.92 Å². The predicted octanol–water partition coefficient (Wildman–Crippen LogP) is 8.39. The Morgan fingerprint density at radius 2 is 1.43 bits per heavy atom. The van der Waals surface area contributed by atoms with Crippen LogP contribution in [-0.2, 0) is 10.7 Å². The summed E-state index contributed by atoms with van der Waals surface area (Å²) in [5.74, 6) is -1.03. The van der Waals surface area contributed by atoms with E-state index in [0.717, 1.165) is 49.3 Å². The van der Waals surface area contributed by atoms with Gasteiger partial charge in [-0.05, 0) is 91.2 Å². The fourth-order valence-electron chi connectivity index (χ4n) is 5.97. The minimum absolute atomic E-state index is 0.0308. The van der Waals surface area contributed by atoms with Crippen LogP contribution in [0.15, 0.2) is 72.8 Å². The summed E-state index contributed by atoms with van der Waals surface area (Å²) in [6, 6.07) is 21.2. The first-order valence-electron chi connectivity index (χ1n) is 13.3. The maximum absolute atomic E-state index is 13.5. The Hall–Kier alpha value is -3.08. The van der Waals surface area contributed by atoms with Gasteiger partial charge in [-0.3, -0.25) is 4.79 Å². The monoisotopic (exact) mass is 505 g/mol. The van der Waals surface area contributed by atoms with Gasteiger partial charge in [0.2, 0.25) is 5.91 Å². The molecule has 5 heteroatoms. The maximum Gasteiger partial charge on any atom is 0.270 e. The van der Waals surface area contributed by atoms with E-state index in [0.29, 0.717) is 17.8 Å². The van der Waals surface area contributed by atoms with Crippen LogP contribution in [0.2, 0.25) is 0 Å². The van der Waals surface area contributed by atoms with Crippen molar-refractivity contribution in [1.82, 2.24) is 5.32 Å². The molecule has 2 fully saturated rings. The van der Waals surface area contributed by atoms with E-state index in [1.54, 1.807) is 24.3 Å². The van der Waals surface area contributed by atoms with Gasteiger partial charge in [0.1, 0.15) is 5.82 Å². The van der Waals surface area contributed by atoms with Crippen LogP contribution in [0.4, 0.5) is 13.2 Å². The topological polar surface area (TPSA) is 29.1 Å². The Balaban J connectivity index is 1.11. The SMILES string of the molecule is CC(NC(=O)C1CCC(C2CC2c2ccc(-c3ccc(C(C)(F)F)cc3)cc2)CC1)c1ccc(F)cc1. The molecule has 3 aromatic rings. The Kier molecular flexibility index (Phi) is 7.15. The summed E-state index contributed by atoms with van der Waals surface area (Å²) < 4.78 is 40.1. The molecule has 3 unspecified atom stereocenters. The standard InChI is InChI=1S/C32H34F3NO/c1-20(21-13-17-28(33)18-14-21)36-31(37)26-9-7-25(8-10-26)30-19-29(30)24-5-3-22(4-6-24)23-11-15-27(16-12-23)32(2,34)35/h3-6,11-18,20,25-26,29-30H,7-10,19H2,1-2H3,(H,36,37). The van der Waals surface area contributed by atoms with E-state index in [9.17, 15) is 18.0 Å². The lowest BCUT2D eigenvalue weighted by molar-refractivity contribution is -0.127. The highest BCUT2D eigenvalue weighted by atomic mass is 19.3. The van der Waals surface area contributed by atoms with E-state index >= 15 is 0 Å². The third-order valence-electron chi connectivity index (χ3n) is 8.38. The minimum Gasteiger partial charge on any atom is -0.349 e. The van der Waals surface area contributed by atoms with Crippen molar-refractivity contribution >= 4 is 5.91 Å². The molecule has 0 heterocycles. The second kappa shape index (κ2) is 10.4. The number of benzene rings is 3. The number of alkyl halides is 2. The van der Waals surface area contributed by atoms with Gasteiger partial charge in [-0.25, -0.2) is 13.2 Å². The van der Waals surface area contributed by atoms with Crippen LogP contribution < -0.4 is 5.32 Å². The highest BCUT2D eigenvalue weighted by Crippen LogP contribution is 2.55. The average Bonchev–Trinajstić information content (AvgIpc) is 3.70. The van der Waals surface area contributed by atoms with Gasteiger partial charge in [0.15, 0.2) is 0 Å². The molecule has 1 N–H and O–H groups in total. The summed E-state index contributed by atoms with van der Waals surface area (Å²) in [5.41, 5.74) is 4.27. The number of carbonyl (C=O) groups excluding carboxylic acids is 1. The molecule has 2 nitrogen and oxygen atoms in total. The van der Waals surface area contributed by atoms with Gasteiger partial charge >= 0.3 is 0 Å². The summed E-state index contributed by atoms with van der Waals surface area (Å²) in [6.45, 7) is 2.86. The lowest BCUT2D eigenvalue weighted by atomic mass is 9.78. The number of halogens is 3. The second-order valence-corrected chi connectivity index (χ2v) is 11.0. The first-order valence-corrected chi connectivity index (χ1v) is 13.3. The molecule has 0 bridgehead atoms. The lowest BCUT2D eigenvalue weighted by Crippen LogP contribution is -2.35. The number of rotatable bonds is 7. The van der Waals surface area contributed by atoms with Gasteiger partial charge < -0.3 is 5.32 Å². The molecule has 2 aliphatic carbocycles. The lowest BCUT2D eigenvalue weighted by Gasteiger charge is -2.29. The number of nitrogens with one attached hydrogen (secondary N) is 1. The summed E-state index contributed by atoms with van der Waals surface area (Å²) in [5, 5.41) is 3.11. The molecular weight excluding hydrogens is 471 g/mol. The van der Waals surface area contributed by atoms with Crippen LogP contribution in [0.5, 0.6) is 0 Å². The zero-order chi connectivity index (χ0) is 26.2. The van der Waals surface area contributed by atoms with E-state index in [4.69, 9.17) is 0 Å². The molecule has 0 aromatic heterocycles. The molecule has 0 spiro atoms. The zero-order valence-corrected chi connectivity index (χ0v) is 21.4. The largest absolute Gasteiger partial charge is 0.349 e. The van der Waals surface area contributed by atoms with Crippen molar-refractivity contribution in [3.8, 4) is 11.1 Å². The second-order valence-electron chi connectivity index (χ2n) is 11.0. The number of carbonyl (C=O) groups is 1. The molecule has 3 atom stereocenters. The van der Waals surface area contributed by atoms with Crippen molar-refractivity contribution in [3.63, 3.8) is 0 Å². The van der Waals surface area contributed by atoms with Crippen LogP contribution in [0.3, 0.4) is 0 Å². The Morgan fingerprint density at radius 1 is 0.865 bits per heavy atom. The third-order valence-corrected chi connectivity index (χ3v) is 8.38. The van der Waals surface area contributed by atoms with E-state index in [1.807, 2.05) is 6.92 Å². The van der Waals surface area contributed by atoms with Crippen molar-refractivity contribution in [3.05, 3.63) is 95.3 Å².